The highest BCUT2D eigenvalue weighted by atomic mass is 16.5. The first-order valence-electron chi connectivity index (χ1n) is 6.43. The molecule has 0 spiro atoms. The van der Waals surface area contributed by atoms with Gasteiger partial charge in [-0.1, -0.05) is 18.2 Å². The topological polar surface area (TPSA) is 84.5 Å². The highest BCUT2D eigenvalue weighted by Gasteiger charge is 2.33. The van der Waals surface area contributed by atoms with Crippen LogP contribution in [0.25, 0.3) is 0 Å². The van der Waals surface area contributed by atoms with Crippen molar-refractivity contribution in [3.05, 3.63) is 35.9 Å². The van der Waals surface area contributed by atoms with Gasteiger partial charge in [-0.2, -0.15) is 0 Å². The summed E-state index contributed by atoms with van der Waals surface area (Å²) in [6.07, 6.45) is 0.703. The van der Waals surface area contributed by atoms with Gasteiger partial charge in [0.05, 0.1) is 5.92 Å². The molecule has 1 saturated carbocycles. The Morgan fingerprint density at radius 1 is 1.15 bits per heavy atom. The summed E-state index contributed by atoms with van der Waals surface area (Å²) >= 11 is 0. The third-order valence-corrected chi connectivity index (χ3v) is 2.91. The minimum absolute atomic E-state index is 0.0656. The molecule has 1 fully saturated rings. The van der Waals surface area contributed by atoms with E-state index < -0.39 is 17.9 Å². The van der Waals surface area contributed by atoms with Crippen molar-refractivity contribution >= 4 is 17.8 Å². The van der Waals surface area contributed by atoms with Gasteiger partial charge in [-0.3, -0.25) is 25.2 Å². The molecule has 0 aliphatic heterocycles. The van der Waals surface area contributed by atoms with Crippen molar-refractivity contribution < 1.29 is 19.1 Å². The molecule has 0 bridgehead atoms. The van der Waals surface area contributed by atoms with Crippen LogP contribution in [0, 0.1) is 5.92 Å². The zero-order valence-electron chi connectivity index (χ0n) is 11.1. The van der Waals surface area contributed by atoms with Gasteiger partial charge < -0.3 is 4.74 Å². The van der Waals surface area contributed by atoms with Crippen LogP contribution in [0.1, 0.15) is 30.1 Å². The van der Waals surface area contributed by atoms with Gasteiger partial charge in [0.1, 0.15) is 0 Å². The lowest BCUT2D eigenvalue weighted by molar-refractivity contribution is -0.156. The van der Waals surface area contributed by atoms with Gasteiger partial charge in [-0.25, -0.2) is 0 Å². The third kappa shape index (κ3) is 3.81. The van der Waals surface area contributed by atoms with Gasteiger partial charge in [-0.05, 0) is 31.9 Å². The summed E-state index contributed by atoms with van der Waals surface area (Å²) in [5.74, 6) is -1.42. The second-order valence-electron chi connectivity index (χ2n) is 4.66. The Morgan fingerprint density at radius 2 is 1.80 bits per heavy atom. The highest BCUT2D eigenvalue weighted by molar-refractivity contribution is 5.95. The normalized spacial score (nSPS) is 15.1. The second kappa shape index (κ2) is 6.18. The molecule has 2 rings (SSSR count). The molecule has 0 unspecified atom stereocenters. The molecule has 1 aliphatic rings. The quantitative estimate of drug-likeness (QED) is 0.629. The molecule has 106 valence electrons. The lowest BCUT2D eigenvalue weighted by Gasteiger charge is -2.13. The van der Waals surface area contributed by atoms with Crippen LogP contribution in [0.3, 0.4) is 0 Å². The molecule has 0 saturated heterocycles. The molecule has 0 radical (unpaired) electrons. The van der Waals surface area contributed by atoms with Crippen molar-refractivity contribution in [3.8, 4) is 0 Å². The van der Waals surface area contributed by atoms with Crippen molar-refractivity contribution in [1.82, 2.24) is 10.9 Å². The molecule has 0 heterocycles. The molecule has 20 heavy (non-hydrogen) atoms. The van der Waals surface area contributed by atoms with Gasteiger partial charge in [-0.15, -0.1) is 0 Å². The van der Waals surface area contributed by atoms with E-state index in [2.05, 4.69) is 10.9 Å². The van der Waals surface area contributed by atoms with Crippen LogP contribution in [0.5, 0.6) is 0 Å². The molecule has 1 aliphatic carbocycles. The number of amides is 2. The number of carbonyl (C=O) groups is 3. The number of hydrogen-bond acceptors (Lipinski definition) is 4. The van der Waals surface area contributed by atoms with Gasteiger partial charge in [0, 0.05) is 5.56 Å². The van der Waals surface area contributed by atoms with Crippen molar-refractivity contribution in [3.63, 3.8) is 0 Å². The number of benzene rings is 1. The summed E-state index contributed by atoms with van der Waals surface area (Å²) in [7, 11) is 0. The summed E-state index contributed by atoms with van der Waals surface area (Å²) in [4.78, 5) is 34.7. The van der Waals surface area contributed by atoms with E-state index >= 15 is 0 Å². The van der Waals surface area contributed by atoms with E-state index in [0.717, 1.165) is 12.8 Å². The van der Waals surface area contributed by atoms with E-state index in [9.17, 15) is 14.4 Å². The number of hydrogen-bond donors (Lipinski definition) is 2. The van der Waals surface area contributed by atoms with E-state index in [1.165, 1.54) is 6.92 Å². The first-order chi connectivity index (χ1) is 9.58. The van der Waals surface area contributed by atoms with Gasteiger partial charge >= 0.3 is 5.97 Å². The minimum atomic E-state index is -0.931. The molecule has 1 aromatic carbocycles. The maximum absolute atomic E-state index is 11.7. The first kappa shape index (κ1) is 14.0. The molecular weight excluding hydrogens is 260 g/mol. The Balaban J connectivity index is 1.76. The minimum Gasteiger partial charge on any atom is -0.452 e. The molecule has 2 N–H and O–H groups in total. The Morgan fingerprint density at radius 3 is 2.40 bits per heavy atom. The number of carbonyl (C=O) groups excluding carboxylic acids is 3. The SMILES string of the molecule is C[C@@H](OC(=O)C1CC1)C(=O)NNC(=O)c1ccccc1. The van der Waals surface area contributed by atoms with Crippen LogP contribution in [0.2, 0.25) is 0 Å². The largest absolute Gasteiger partial charge is 0.452 e. The Kier molecular flexibility index (Phi) is 4.34. The van der Waals surface area contributed by atoms with Gasteiger partial charge in [0.2, 0.25) is 0 Å². The molecular formula is C14H16N2O4. The Hall–Kier alpha value is -2.37. The fourth-order valence-corrected chi connectivity index (χ4v) is 1.52. The average Bonchev–Trinajstić information content (AvgIpc) is 3.29. The standard InChI is InChI=1S/C14H16N2O4/c1-9(20-14(19)11-7-8-11)12(17)15-16-13(18)10-5-3-2-4-6-10/h2-6,9,11H,7-8H2,1H3,(H,15,17)(H,16,18)/t9-/m1/s1. The highest BCUT2D eigenvalue weighted by Crippen LogP contribution is 2.30. The van der Waals surface area contributed by atoms with Crippen LogP contribution in [-0.4, -0.2) is 23.9 Å². The lowest BCUT2D eigenvalue weighted by Crippen LogP contribution is -2.46. The predicted molar refractivity (Wildman–Crippen MR) is 70.3 cm³/mol. The predicted octanol–water partition coefficient (Wildman–Crippen LogP) is 0.789. The summed E-state index contributed by atoms with van der Waals surface area (Å²) in [6, 6.07) is 8.47. The second-order valence-corrected chi connectivity index (χ2v) is 4.66. The van der Waals surface area contributed by atoms with Gasteiger partial charge in [0.15, 0.2) is 6.10 Å². The van der Waals surface area contributed by atoms with Crippen LogP contribution in [0.4, 0.5) is 0 Å². The van der Waals surface area contributed by atoms with E-state index in [1.807, 2.05) is 0 Å². The lowest BCUT2D eigenvalue weighted by atomic mass is 10.2. The first-order valence-corrected chi connectivity index (χ1v) is 6.43. The van der Waals surface area contributed by atoms with Crippen LogP contribution < -0.4 is 10.9 Å². The van der Waals surface area contributed by atoms with E-state index in [1.54, 1.807) is 30.3 Å². The monoisotopic (exact) mass is 276 g/mol. The summed E-state index contributed by atoms with van der Waals surface area (Å²) < 4.78 is 4.97. The fraction of sp³-hybridized carbons (Fsp3) is 0.357. The number of nitrogens with one attached hydrogen (secondary N) is 2. The maximum Gasteiger partial charge on any atom is 0.309 e. The zero-order valence-corrected chi connectivity index (χ0v) is 11.1. The molecule has 1 atom stereocenters. The Bertz CT molecular complexity index is 511. The molecule has 6 nitrogen and oxygen atoms in total. The van der Waals surface area contributed by atoms with Crippen molar-refractivity contribution in [1.29, 1.82) is 0 Å². The Labute approximate surface area is 116 Å². The number of esters is 1. The summed E-state index contributed by atoms with van der Waals surface area (Å²) in [6.45, 7) is 1.46. The summed E-state index contributed by atoms with van der Waals surface area (Å²) in [5.41, 5.74) is 4.92. The smallest absolute Gasteiger partial charge is 0.309 e. The number of rotatable bonds is 4. The fourth-order valence-electron chi connectivity index (χ4n) is 1.52. The van der Waals surface area contributed by atoms with Crippen LogP contribution in [-0.2, 0) is 14.3 Å². The average molecular weight is 276 g/mol. The van der Waals surface area contributed by atoms with E-state index in [4.69, 9.17) is 4.74 Å². The third-order valence-electron chi connectivity index (χ3n) is 2.91. The van der Waals surface area contributed by atoms with Crippen LogP contribution >= 0.6 is 0 Å². The van der Waals surface area contributed by atoms with Gasteiger partial charge in [0.25, 0.3) is 11.8 Å². The molecule has 0 aromatic heterocycles. The van der Waals surface area contributed by atoms with E-state index in [-0.39, 0.29) is 11.9 Å². The maximum atomic E-state index is 11.7. The van der Waals surface area contributed by atoms with Crippen molar-refractivity contribution in [2.75, 3.05) is 0 Å². The number of hydrazine groups is 1. The van der Waals surface area contributed by atoms with Crippen molar-refractivity contribution in [2.45, 2.75) is 25.9 Å². The van der Waals surface area contributed by atoms with Crippen molar-refractivity contribution in [2.24, 2.45) is 5.92 Å². The van der Waals surface area contributed by atoms with E-state index in [0.29, 0.717) is 5.56 Å². The summed E-state index contributed by atoms with van der Waals surface area (Å²) in [5, 5.41) is 0. The molecule has 6 heteroatoms. The van der Waals surface area contributed by atoms with Crippen LogP contribution in [0.15, 0.2) is 30.3 Å². The zero-order chi connectivity index (χ0) is 14.5. The number of ether oxygens (including phenoxy) is 1. The molecule has 1 aromatic rings. The molecule has 2 amide bonds.